The summed E-state index contributed by atoms with van der Waals surface area (Å²) in [5, 5.41) is 13.9. The predicted molar refractivity (Wildman–Crippen MR) is 78.4 cm³/mol. The number of nitrogens with zero attached hydrogens (tertiary/aromatic N) is 1. The van der Waals surface area contributed by atoms with Gasteiger partial charge in [0, 0.05) is 18.7 Å². The van der Waals surface area contributed by atoms with Gasteiger partial charge in [-0.2, -0.15) is 0 Å². The van der Waals surface area contributed by atoms with Gasteiger partial charge in [-0.05, 0) is 23.8 Å². The highest BCUT2D eigenvalue weighted by atomic mass is 35.5. The van der Waals surface area contributed by atoms with Crippen molar-refractivity contribution >= 4 is 23.0 Å². The second kappa shape index (κ2) is 6.41. The number of hydrogen-bond acceptors (Lipinski definition) is 4. The van der Waals surface area contributed by atoms with Gasteiger partial charge in [0.05, 0.1) is 22.7 Å². The summed E-state index contributed by atoms with van der Waals surface area (Å²) >= 11 is 5.99. The van der Waals surface area contributed by atoms with Crippen LogP contribution in [0.5, 0.6) is 5.75 Å². The van der Waals surface area contributed by atoms with E-state index in [0.717, 1.165) is 23.8 Å². The van der Waals surface area contributed by atoms with Crippen molar-refractivity contribution in [1.29, 1.82) is 0 Å². The van der Waals surface area contributed by atoms with Crippen LogP contribution in [0.2, 0.25) is 5.02 Å². The van der Waals surface area contributed by atoms with E-state index in [4.69, 9.17) is 16.3 Å². The number of ether oxygens (including phenoxy) is 1. The van der Waals surface area contributed by atoms with Gasteiger partial charge in [-0.1, -0.05) is 17.7 Å². The van der Waals surface area contributed by atoms with E-state index in [0.29, 0.717) is 10.8 Å². The van der Waals surface area contributed by atoms with Crippen LogP contribution in [0.1, 0.15) is 5.56 Å². The minimum absolute atomic E-state index is 0.0659. The fourth-order valence-electron chi connectivity index (χ4n) is 1.78. The van der Waals surface area contributed by atoms with Gasteiger partial charge in [0.25, 0.3) is 5.69 Å². The van der Waals surface area contributed by atoms with Crippen molar-refractivity contribution in [3.8, 4) is 5.75 Å². The Morgan fingerprint density at radius 3 is 2.71 bits per heavy atom. The molecule has 1 N–H and O–H groups in total. The molecule has 0 unspecified atom stereocenters. The molecule has 0 aliphatic heterocycles. The van der Waals surface area contributed by atoms with Crippen LogP contribution in [0.4, 0.5) is 15.8 Å². The van der Waals surface area contributed by atoms with Gasteiger partial charge in [-0.3, -0.25) is 10.1 Å². The second-order valence-electron chi connectivity index (χ2n) is 4.24. The lowest BCUT2D eigenvalue weighted by atomic mass is 10.2. The lowest BCUT2D eigenvalue weighted by Crippen LogP contribution is -2.02. The maximum absolute atomic E-state index is 13.6. The first-order valence-electron chi connectivity index (χ1n) is 6.01. The minimum Gasteiger partial charge on any atom is -0.495 e. The molecule has 0 bridgehead atoms. The maximum atomic E-state index is 13.6. The van der Waals surface area contributed by atoms with Crippen molar-refractivity contribution in [2.45, 2.75) is 6.54 Å². The third-order valence-corrected chi connectivity index (χ3v) is 3.16. The number of rotatable bonds is 5. The van der Waals surface area contributed by atoms with E-state index >= 15 is 0 Å². The summed E-state index contributed by atoms with van der Waals surface area (Å²) in [5.74, 6) is -0.0119. The van der Waals surface area contributed by atoms with E-state index in [1.54, 1.807) is 18.2 Å². The van der Waals surface area contributed by atoms with Crippen LogP contribution in [0, 0.1) is 15.9 Å². The van der Waals surface area contributed by atoms with Gasteiger partial charge in [0.1, 0.15) is 11.6 Å². The quantitative estimate of drug-likeness (QED) is 0.669. The van der Waals surface area contributed by atoms with Crippen LogP contribution in [0.3, 0.4) is 0 Å². The Balaban J connectivity index is 2.14. The smallest absolute Gasteiger partial charge is 0.271 e. The second-order valence-corrected chi connectivity index (χ2v) is 4.65. The zero-order valence-corrected chi connectivity index (χ0v) is 11.9. The predicted octanol–water partition coefficient (Wildman–Crippen LogP) is 4.01. The highest BCUT2D eigenvalue weighted by molar-refractivity contribution is 6.32. The number of methoxy groups -OCH3 is 1. The van der Waals surface area contributed by atoms with Gasteiger partial charge in [-0.15, -0.1) is 0 Å². The number of nitro groups is 1. The highest BCUT2D eigenvalue weighted by Gasteiger charge is 2.10. The Kier molecular flexibility index (Phi) is 4.59. The van der Waals surface area contributed by atoms with Crippen molar-refractivity contribution in [3.05, 3.63) is 62.9 Å². The molecule has 2 aromatic carbocycles. The van der Waals surface area contributed by atoms with Crippen molar-refractivity contribution < 1.29 is 14.1 Å². The summed E-state index contributed by atoms with van der Waals surface area (Å²) in [4.78, 5) is 10.1. The normalized spacial score (nSPS) is 10.2. The largest absolute Gasteiger partial charge is 0.495 e. The fourth-order valence-corrected chi connectivity index (χ4v) is 2.06. The summed E-state index contributed by atoms with van der Waals surface area (Å²) in [5.41, 5.74) is 0.689. The Bertz CT molecular complexity index is 679. The third kappa shape index (κ3) is 3.61. The summed E-state index contributed by atoms with van der Waals surface area (Å²) < 4.78 is 18.6. The molecular formula is C14H12ClFN2O3. The molecule has 21 heavy (non-hydrogen) atoms. The van der Waals surface area contributed by atoms with E-state index in [2.05, 4.69) is 5.32 Å². The molecule has 110 valence electrons. The Hall–Kier alpha value is -2.34. The number of hydrogen-bond donors (Lipinski definition) is 1. The molecule has 0 atom stereocenters. The molecule has 0 aromatic heterocycles. The van der Waals surface area contributed by atoms with Gasteiger partial charge in [-0.25, -0.2) is 4.39 Å². The number of anilines is 1. The fraction of sp³-hybridized carbons (Fsp3) is 0.143. The van der Waals surface area contributed by atoms with E-state index in [9.17, 15) is 14.5 Å². The first-order chi connectivity index (χ1) is 10.0. The molecule has 0 aliphatic rings. The lowest BCUT2D eigenvalue weighted by Gasteiger charge is -2.09. The van der Waals surface area contributed by atoms with Crippen LogP contribution >= 0.6 is 11.6 Å². The van der Waals surface area contributed by atoms with E-state index < -0.39 is 10.7 Å². The molecule has 2 rings (SSSR count). The van der Waals surface area contributed by atoms with E-state index in [1.165, 1.54) is 7.11 Å². The van der Waals surface area contributed by atoms with Crippen molar-refractivity contribution in [1.82, 2.24) is 0 Å². The summed E-state index contributed by atoms with van der Waals surface area (Å²) in [6, 6.07) is 8.48. The SMILES string of the molecule is COc1ccc(CNc2cc([N+](=O)[O-])ccc2F)cc1Cl. The Morgan fingerprint density at radius 1 is 1.33 bits per heavy atom. The summed E-state index contributed by atoms with van der Waals surface area (Å²) in [6.45, 7) is 0.280. The maximum Gasteiger partial charge on any atom is 0.271 e. The molecule has 0 spiro atoms. The van der Waals surface area contributed by atoms with Gasteiger partial charge >= 0.3 is 0 Å². The molecule has 0 aliphatic carbocycles. The molecule has 0 heterocycles. The number of nitrogens with one attached hydrogen (secondary N) is 1. The standard InChI is InChI=1S/C14H12ClFN2O3/c1-21-14-5-2-9(6-11(14)15)8-17-13-7-10(18(19)20)3-4-12(13)16/h2-7,17H,8H2,1H3. The van der Waals surface area contributed by atoms with Gasteiger partial charge < -0.3 is 10.1 Å². The highest BCUT2D eigenvalue weighted by Crippen LogP contribution is 2.26. The topological polar surface area (TPSA) is 64.4 Å². The number of benzene rings is 2. The number of non-ortho nitro benzene ring substituents is 1. The zero-order chi connectivity index (χ0) is 15.4. The Morgan fingerprint density at radius 2 is 2.10 bits per heavy atom. The molecule has 0 saturated carbocycles. The average molecular weight is 311 g/mol. The van der Waals surface area contributed by atoms with Crippen LogP contribution in [0.25, 0.3) is 0 Å². The van der Waals surface area contributed by atoms with Crippen LogP contribution in [-0.2, 0) is 6.54 Å². The zero-order valence-electron chi connectivity index (χ0n) is 11.1. The summed E-state index contributed by atoms with van der Waals surface area (Å²) in [6.07, 6.45) is 0. The molecule has 0 amide bonds. The van der Waals surface area contributed by atoms with Gasteiger partial charge in [0.15, 0.2) is 0 Å². The van der Waals surface area contributed by atoms with Crippen LogP contribution in [-0.4, -0.2) is 12.0 Å². The monoisotopic (exact) mass is 310 g/mol. The minimum atomic E-state index is -0.575. The average Bonchev–Trinajstić information content (AvgIpc) is 2.46. The third-order valence-electron chi connectivity index (χ3n) is 2.86. The molecule has 0 saturated heterocycles. The first kappa shape index (κ1) is 15.1. The van der Waals surface area contributed by atoms with Crippen molar-refractivity contribution in [2.75, 3.05) is 12.4 Å². The molecular weight excluding hydrogens is 299 g/mol. The Labute approximate surface area is 125 Å². The molecule has 5 nitrogen and oxygen atoms in total. The molecule has 2 aromatic rings. The molecule has 7 heteroatoms. The van der Waals surface area contributed by atoms with Crippen LogP contribution < -0.4 is 10.1 Å². The molecule has 0 radical (unpaired) electrons. The lowest BCUT2D eigenvalue weighted by molar-refractivity contribution is -0.384. The number of halogens is 2. The van der Waals surface area contributed by atoms with Crippen molar-refractivity contribution in [2.24, 2.45) is 0 Å². The van der Waals surface area contributed by atoms with Gasteiger partial charge in [0.2, 0.25) is 0 Å². The van der Waals surface area contributed by atoms with Crippen LogP contribution in [0.15, 0.2) is 36.4 Å². The van der Waals surface area contributed by atoms with E-state index in [-0.39, 0.29) is 17.9 Å². The molecule has 0 fully saturated rings. The van der Waals surface area contributed by atoms with E-state index in [1.807, 2.05) is 0 Å². The number of nitro benzene ring substituents is 1. The first-order valence-corrected chi connectivity index (χ1v) is 6.39. The summed E-state index contributed by atoms with van der Waals surface area (Å²) in [7, 11) is 1.51. The van der Waals surface area contributed by atoms with Crippen molar-refractivity contribution in [3.63, 3.8) is 0 Å².